The van der Waals surface area contributed by atoms with Gasteiger partial charge in [-0.25, -0.2) is 0 Å². The molecule has 4 aliphatic carbocycles. The molecule has 12 atom stereocenters. The second kappa shape index (κ2) is 6.68. The van der Waals surface area contributed by atoms with Gasteiger partial charge < -0.3 is 19.7 Å². The van der Waals surface area contributed by atoms with Crippen molar-refractivity contribution >= 4 is 0 Å². The van der Waals surface area contributed by atoms with Gasteiger partial charge in [0.1, 0.15) is 0 Å². The van der Waals surface area contributed by atoms with Crippen LogP contribution in [0.5, 0.6) is 0 Å². The second-order valence-corrected chi connectivity index (χ2v) is 12.8. The molecule has 6 fully saturated rings. The van der Waals surface area contributed by atoms with E-state index in [2.05, 4.69) is 20.8 Å². The largest absolute Gasteiger partial charge is 0.393 e. The molecule has 2 heterocycles. The standard InChI is InChI=1S/C26H42O4/c1-15-6-9-26(29-14-15)13-21-22(30-26)12-20-18-5-4-16-10-17(27)11-23(28)25(16,3)19(18)7-8-24(20,21)2/h15-23,27-28H,4-14H2,1-3H3. The van der Waals surface area contributed by atoms with Crippen molar-refractivity contribution in [2.75, 3.05) is 6.61 Å². The molecule has 0 bridgehead atoms. The Morgan fingerprint density at radius 2 is 1.70 bits per heavy atom. The van der Waals surface area contributed by atoms with E-state index in [-0.39, 0.29) is 23.4 Å². The van der Waals surface area contributed by atoms with Gasteiger partial charge in [-0.2, -0.15) is 0 Å². The van der Waals surface area contributed by atoms with Gasteiger partial charge in [0.2, 0.25) is 0 Å². The van der Waals surface area contributed by atoms with Crippen molar-refractivity contribution in [3.63, 3.8) is 0 Å². The Morgan fingerprint density at radius 1 is 0.867 bits per heavy atom. The first-order valence-corrected chi connectivity index (χ1v) is 12.9. The molecule has 12 unspecified atom stereocenters. The summed E-state index contributed by atoms with van der Waals surface area (Å²) in [5.41, 5.74) is 0.357. The average Bonchev–Trinajstić information content (AvgIpc) is 3.19. The third kappa shape index (κ3) is 2.66. The van der Waals surface area contributed by atoms with Gasteiger partial charge in [-0.1, -0.05) is 20.8 Å². The molecule has 0 aromatic carbocycles. The number of hydrogen-bond donors (Lipinski definition) is 2. The fourth-order valence-corrected chi connectivity index (χ4v) is 9.71. The van der Waals surface area contributed by atoms with Gasteiger partial charge in [0.25, 0.3) is 0 Å². The molecule has 4 saturated carbocycles. The van der Waals surface area contributed by atoms with E-state index in [0.717, 1.165) is 31.8 Å². The quantitative estimate of drug-likeness (QED) is 0.607. The van der Waals surface area contributed by atoms with Crippen molar-refractivity contribution in [1.82, 2.24) is 0 Å². The van der Waals surface area contributed by atoms with Gasteiger partial charge in [0, 0.05) is 12.8 Å². The zero-order valence-electron chi connectivity index (χ0n) is 19.2. The number of hydrogen-bond acceptors (Lipinski definition) is 4. The monoisotopic (exact) mass is 418 g/mol. The molecule has 1 spiro atoms. The molecule has 6 aliphatic rings. The van der Waals surface area contributed by atoms with E-state index in [0.29, 0.717) is 47.5 Å². The predicted octanol–water partition coefficient (Wildman–Crippen LogP) is 4.52. The fraction of sp³-hybridized carbons (Fsp3) is 1.00. The summed E-state index contributed by atoms with van der Waals surface area (Å²) < 4.78 is 13.1. The molecule has 0 amide bonds. The molecule has 170 valence electrons. The number of aliphatic hydroxyl groups excluding tert-OH is 2. The van der Waals surface area contributed by atoms with Crippen LogP contribution in [0.1, 0.15) is 85.0 Å². The van der Waals surface area contributed by atoms with Crippen LogP contribution in [0, 0.1) is 46.3 Å². The highest BCUT2D eigenvalue weighted by Gasteiger charge is 2.67. The molecule has 0 aromatic rings. The predicted molar refractivity (Wildman–Crippen MR) is 115 cm³/mol. The van der Waals surface area contributed by atoms with Crippen LogP contribution in [-0.4, -0.2) is 40.9 Å². The summed E-state index contributed by atoms with van der Waals surface area (Å²) in [6, 6.07) is 0. The van der Waals surface area contributed by atoms with Gasteiger partial charge in [0.15, 0.2) is 5.79 Å². The van der Waals surface area contributed by atoms with Crippen LogP contribution in [0.4, 0.5) is 0 Å². The highest BCUT2D eigenvalue weighted by molar-refractivity contribution is 5.15. The Labute approximate surface area is 182 Å². The molecule has 2 N–H and O–H groups in total. The average molecular weight is 419 g/mol. The molecular weight excluding hydrogens is 376 g/mol. The van der Waals surface area contributed by atoms with Crippen molar-refractivity contribution in [2.24, 2.45) is 46.3 Å². The Hall–Kier alpha value is -0.160. The maximum atomic E-state index is 11.1. The van der Waals surface area contributed by atoms with E-state index in [1.807, 2.05) is 0 Å². The molecule has 0 aromatic heterocycles. The first kappa shape index (κ1) is 20.4. The van der Waals surface area contributed by atoms with Crippen molar-refractivity contribution in [3.05, 3.63) is 0 Å². The van der Waals surface area contributed by atoms with Crippen LogP contribution in [-0.2, 0) is 9.47 Å². The topological polar surface area (TPSA) is 58.9 Å². The zero-order valence-corrected chi connectivity index (χ0v) is 19.2. The molecule has 4 heteroatoms. The molecule has 2 aliphatic heterocycles. The van der Waals surface area contributed by atoms with E-state index in [4.69, 9.17) is 9.47 Å². The van der Waals surface area contributed by atoms with Crippen LogP contribution in [0.15, 0.2) is 0 Å². The van der Waals surface area contributed by atoms with E-state index >= 15 is 0 Å². The van der Waals surface area contributed by atoms with Crippen LogP contribution in [0.25, 0.3) is 0 Å². The van der Waals surface area contributed by atoms with Gasteiger partial charge in [0.05, 0.1) is 24.9 Å². The van der Waals surface area contributed by atoms with Gasteiger partial charge in [-0.05, 0) is 97.7 Å². The van der Waals surface area contributed by atoms with Crippen LogP contribution in [0.2, 0.25) is 0 Å². The third-order valence-corrected chi connectivity index (χ3v) is 11.5. The summed E-state index contributed by atoms with van der Waals surface area (Å²) in [7, 11) is 0. The Kier molecular flexibility index (Phi) is 4.55. The minimum atomic E-state index is -0.346. The number of ether oxygens (including phenoxy) is 2. The Bertz CT molecular complexity index is 687. The van der Waals surface area contributed by atoms with Gasteiger partial charge >= 0.3 is 0 Å². The summed E-state index contributed by atoms with van der Waals surface area (Å²) in [6.07, 6.45) is 10.8. The third-order valence-electron chi connectivity index (χ3n) is 11.5. The molecule has 2 saturated heterocycles. The van der Waals surface area contributed by atoms with Gasteiger partial charge in [-0.3, -0.25) is 0 Å². The fourth-order valence-electron chi connectivity index (χ4n) is 9.71. The zero-order chi connectivity index (χ0) is 20.9. The summed E-state index contributed by atoms with van der Waals surface area (Å²) in [4.78, 5) is 0. The van der Waals surface area contributed by atoms with Crippen molar-refractivity contribution < 1.29 is 19.7 Å². The van der Waals surface area contributed by atoms with Gasteiger partial charge in [-0.15, -0.1) is 0 Å². The lowest BCUT2D eigenvalue weighted by Gasteiger charge is -2.62. The van der Waals surface area contributed by atoms with E-state index in [9.17, 15) is 10.2 Å². The Balaban J connectivity index is 1.24. The van der Waals surface area contributed by atoms with Crippen molar-refractivity contribution in [2.45, 2.75) is 109 Å². The van der Waals surface area contributed by atoms with E-state index in [1.165, 1.54) is 38.5 Å². The highest BCUT2D eigenvalue weighted by atomic mass is 16.7. The summed E-state index contributed by atoms with van der Waals surface area (Å²) in [5.74, 6) is 3.55. The molecule has 30 heavy (non-hydrogen) atoms. The summed E-state index contributed by atoms with van der Waals surface area (Å²) in [6.45, 7) is 8.08. The van der Waals surface area contributed by atoms with E-state index < -0.39 is 0 Å². The van der Waals surface area contributed by atoms with Crippen molar-refractivity contribution in [3.8, 4) is 0 Å². The Morgan fingerprint density at radius 3 is 2.47 bits per heavy atom. The minimum Gasteiger partial charge on any atom is -0.393 e. The highest BCUT2D eigenvalue weighted by Crippen LogP contribution is 2.70. The lowest BCUT2D eigenvalue weighted by atomic mass is 9.44. The smallest absolute Gasteiger partial charge is 0.169 e. The van der Waals surface area contributed by atoms with E-state index in [1.54, 1.807) is 0 Å². The first-order valence-electron chi connectivity index (χ1n) is 12.9. The molecular formula is C26H42O4. The lowest BCUT2D eigenvalue weighted by Crippen LogP contribution is -2.59. The minimum absolute atomic E-state index is 0.00806. The molecule has 6 rings (SSSR count). The molecule has 4 nitrogen and oxygen atoms in total. The van der Waals surface area contributed by atoms with Crippen LogP contribution < -0.4 is 0 Å². The maximum absolute atomic E-state index is 11.1. The number of rotatable bonds is 0. The number of aliphatic hydroxyl groups is 2. The molecule has 0 radical (unpaired) electrons. The van der Waals surface area contributed by atoms with Crippen molar-refractivity contribution in [1.29, 1.82) is 0 Å². The SMILES string of the molecule is CC1CCC2(CC3C(CC4C5CCC6CC(O)CC(O)C6(C)C5CCC34C)O2)OC1. The lowest BCUT2D eigenvalue weighted by molar-refractivity contribution is -0.256. The number of fused-ring (bicyclic) bond motifs is 7. The van der Waals surface area contributed by atoms with Crippen LogP contribution >= 0.6 is 0 Å². The summed E-state index contributed by atoms with van der Waals surface area (Å²) >= 11 is 0. The van der Waals surface area contributed by atoms with Crippen LogP contribution in [0.3, 0.4) is 0 Å². The maximum Gasteiger partial charge on any atom is 0.169 e. The first-order chi connectivity index (χ1) is 14.3. The second-order valence-electron chi connectivity index (χ2n) is 12.8. The normalized spacial score (nSPS) is 62.5. The summed E-state index contributed by atoms with van der Waals surface area (Å²) in [5, 5.41) is 21.4.